The molecule has 0 aromatic heterocycles. The Morgan fingerprint density at radius 1 is 1.04 bits per heavy atom. The summed E-state index contributed by atoms with van der Waals surface area (Å²) >= 11 is 6.03. The van der Waals surface area contributed by atoms with Crippen LogP contribution in [0.3, 0.4) is 0 Å². The van der Waals surface area contributed by atoms with E-state index >= 15 is 0 Å². The number of nitrogens with zero attached hydrogens (tertiary/aromatic N) is 2. The van der Waals surface area contributed by atoms with Crippen LogP contribution < -0.4 is 0 Å². The summed E-state index contributed by atoms with van der Waals surface area (Å²) in [4.78, 5) is 14.8. The molecule has 0 spiro atoms. The fourth-order valence-corrected chi connectivity index (χ4v) is 3.10. The molecule has 2 aromatic carbocycles. The maximum Gasteiger partial charge on any atom is 0.407 e. The summed E-state index contributed by atoms with van der Waals surface area (Å²) in [5.74, 6) is 6.55. The van der Waals surface area contributed by atoms with Crippen molar-refractivity contribution in [2.45, 2.75) is 6.04 Å². The number of benzene rings is 2. The summed E-state index contributed by atoms with van der Waals surface area (Å²) in [6, 6.07) is 17.5. The second kappa shape index (κ2) is 8.06. The lowest BCUT2D eigenvalue weighted by atomic mass is 10.0. The largest absolute Gasteiger partial charge is 0.465 e. The molecular weight excluding hydrogens is 336 g/mol. The standard InChI is InChI=1S/C20H19ClN2O2/c21-18-8-4-5-16(15-18)9-10-19(17-6-2-1-3-7-17)22-11-13-23(14-12-22)20(24)25/h1-8,15,19H,11-14H2,(H,24,25). The number of halogens is 1. The number of hydrogen-bond acceptors (Lipinski definition) is 2. The minimum atomic E-state index is -0.860. The summed E-state index contributed by atoms with van der Waals surface area (Å²) in [6.45, 7) is 2.32. The van der Waals surface area contributed by atoms with Gasteiger partial charge in [0.25, 0.3) is 0 Å². The first-order chi connectivity index (χ1) is 12.1. The molecule has 1 aliphatic heterocycles. The highest BCUT2D eigenvalue weighted by Crippen LogP contribution is 2.22. The second-order valence-corrected chi connectivity index (χ2v) is 6.33. The van der Waals surface area contributed by atoms with E-state index in [2.05, 4.69) is 28.9 Å². The smallest absolute Gasteiger partial charge is 0.407 e. The van der Waals surface area contributed by atoms with Crippen molar-refractivity contribution < 1.29 is 9.90 Å². The van der Waals surface area contributed by atoms with Crippen molar-refractivity contribution in [3.8, 4) is 11.8 Å². The van der Waals surface area contributed by atoms with Gasteiger partial charge < -0.3 is 10.0 Å². The predicted octanol–water partition coefficient (Wildman–Crippen LogP) is 3.73. The van der Waals surface area contributed by atoms with Crippen LogP contribution in [-0.4, -0.2) is 47.2 Å². The zero-order valence-corrected chi connectivity index (χ0v) is 14.5. The average Bonchev–Trinajstić information content (AvgIpc) is 2.63. The van der Waals surface area contributed by atoms with Crippen molar-refractivity contribution in [3.63, 3.8) is 0 Å². The van der Waals surface area contributed by atoms with E-state index in [1.54, 1.807) is 0 Å². The molecule has 1 N–H and O–H groups in total. The van der Waals surface area contributed by atoms with E-state index in [0.29, 0.717) is 31.2 Å². The Balaban J connectivity index is 1.83. The fourth-order valence-electron chi connectivity index (χ4n) is 2.91. The highest BCUT2D eigenvalue weighted by atomic mass is 35.5. The molecule has 1 unspecified atom stereocenters. The molecule has 128 valence electrons. The molecule has 1 amide bonds. The van der Waals surface area contributed by atoms with Gasteiger partial charge in [-0.2, -0.15) is 0 Å². The van der Waals surface area contributed by atoms with Crippen LogP contribution in [0.1, 0.15) is 17.2 Å². The number of hydrogen-bond donors (Lipinski definition) is 1. The molecule has 1 heterocycles. The topological polar surface area (TPSA) is 43.8 Å². The van der Waals surface area contributed by atoms with Crippen LogP contribution in [0.25, 0.3) is 0 Å². The Labute approximate surface area is 152 Å². The van der Waals surface area contributed by atoms with Crippen molar-refractivity contribution >= 4 is 17.7 Å². The summed E-state index contributed by atoms with van der Waals surface area (Å²) in [7, 11) is 0. The lowest BCUT2D eigenvalue weighted by molar-refractivity contribution is 0.0962. The zero-order valence-electron chi connectivity index (χ0n) is 13.7. The first kappa shape index (κ1) is 17.3. The molecule has 0 bridgehead atoms. The van der Waals surface area contributed by atoms with Crippen LogP contribution in [0.15, 0.2) is 54.6 Å². The molecule has 3 rings (SSSR count). The molecule has 1 fully saturated rings. The van der Waals surface area contributed by atoms with Gasteiger partial charge in [0, 0.05) is 36.8 Å². The van der Waals surface area contributed by atoms with Gasteiger partial charge in [-0.1, -0.05) is 59.8 Å². The Morgan fingerprint density at radius 3 is 2.40 bits per heavy atom. The third-order valence-electron chi connectivity index (χ3n) is 4.24. The normalized spacial score (nSPS) is 16.0. The van der Waals surface area contributed by atoms with Crippen LogP contribution in [0.4, 0.5) is 4.79 Å². The number of piperazine rings is 1. The summed E-state index contributed by atoms with van der Waals surface area (Å²) < 4.78 is 0. The quantitative estimate of drug-likeness (QED) is 0.836. The van der Waals surface area contributed by atoms with Gasteiger partial charge in [0.1, 0.15) is 0 Å². The van der Waals surface area contributed by atoms with Crippen LogP contribution >= 0.6 is 11.6 Å². The Kier molecular flexibility index (Phi) is 5.60. The molecule has 2 aromatic rings. The van der Waals surface area contributed by atoms with Gasteiger partial charge in [0.15, 0.2) is 0 Å². The van der Waals surface area contributed by atoms with Crippen molar-refractivity contribution in [2.75, 3.05) is 26.2 Å². The maximum absolute atomic E-state index is 11.1. The summed E-state index contributed by atoms with van der Waals surface area (Å²) in [6.07, 6.45) is -0.860. The minimum Gasteiger partial charge on any atom is -0.465 e. The third-order valence-corrected chi connectivity index (χ3v) is 4.48. The van der Waals surface area contributed by atoms with Crippen LogP contribution in [0.5, 0.6) is 0 Å². The fraction of sp³-hybridized carbons (Fsp3) is 0.250. The van der Waals surface area contributed by atoms with Gasteiger partial charge in [-0.3, -0.25) is 4.90 Å². The van der Waals surface area contributed by atoms with Crippen LogP contribution in [0, 0.1) is 11.8 Å². The number of carbonyl (C=O) groups is 1. The van der Waals surface area contributed by atoms with E-state index < -0.39 is 6.09 Å². The lowest BCUT2D eigenvalue weighted by Gasteiger charge is -2.36. The number of carboxylic acid groups (broad SMARTS) is 1. The average molecular weight is 355 g/mol. The van der Waals surface area contributed by atoms with E-state index in [1.807, 2.05) is 42.5 Å². The lowest BCUT2D eigenvalue weighted by Crippen LogP contribution is -2.49. The van der Waals surface area contributed by atoms with Crippen molar-refractivity contribution in [1.82, 2.24) is 9.80 Å². The summed E-state index contributed by atoms with van der Waals surface area (Å²) in [5.41, 5.74) is 1.98. The Bertz CT molecular complexity index is 790. The van der Waals surface area contributed by atoms with Gasteiger partial charge >= 0.3 is 6.09 Å². The van der Waals surface area contributed by atoms with Crippen LogP contribution in [-0.2, 0) is 0 Å². The van der Waals surface area contributed by atoms with Crippen molar-refractivity contribution in [1.29, 1.82) is 0 Å². The van der Waals surface area contributed by atoms with Gasteiger partial charge in [0.2, 0.25) is 0 Å². The molecule has 1 aliphatic rings. The SMILES string of the molecule is O=C(O)N1CCN(C(C#Cc2cccc(Cl)c2)c2ccccc2)CC1. The van der Waals surface area contributed by atoms with Gasteiger partial charge in [-0.25, -0.2) is 4.79 Å². The minimum absolute atomic E-state index is 0.0730. The Hall–Kier alpha value is -2.48. The molecule has 4 nitrogen and oxygen atoms in total. The molecule has 5 heteroatoms. The molecule has 0 aliphatic carbocycles. The van der Waals surface area contributed by atoms with Crippen LogP contribution in [0.2, 0.25) is 5.02 Å². The first-order valence-corrected chi connectivity index (χ1v) is 8.55. The van der Waals surface area contributed by atoms with E-state index in [1.165, 1.54) is 4.90 Å². The van der Waals surface area contributed by atoms with E-state index in [9.17, 15) is 4.79 Å². The Morgan fingerprint density at radius 2 is 1.76 bits per heavy atom. The van der Waals surface area contributed by atoms with Gasteiger partial charge in [-0.05, 0) is 23.8 Å². The molecule has 0 saturated carbocycles. The second-order valence-electron chi connectivity index (χ2n) is 5.90. The van der Waals surface area contributed by atoms with Crippen molar-refractivity contribution in [3.05, 3.63) is 70.7 Å². The van der Waals surface area contributed by atoms with E-state index in [-0.39, 0.29) is 6.04 Å². The maximum atomic E-state index is 11.1. The molecule has 1 atom stereocenters. The molecule has 0 radical (unpaired) electrons. The summed E-state index contributed by atoms with van der Waals surface area (Å²) in [5, 5.41) is 9.79. The third kappa shape index (κ3) is 4.54. The number of rotatable bonds is 2. The highest BCUT2D eigenvalue weighted by molar-refractivity contribution is 6.30. The highest BCUT2D eigenvalue weighted by Gasteiger charge is 2.25. The number of amides is 1. The monoisotopic (exact) mass is 354 g/mol. The first-order valence-electron chi connectivity index (χ1n) is 8.17. The van der Waals surface area contributed by atoms with E-state index in [4.69, 9.17) is 16.7 Å². The molecular formula is C20H19ClN2O2. The molecule has 25 heavy (non-hydrogen) atoms. The van der Waals surface area contributed by atoms with E-state index in [0.717, 1.165) is 11.1 Å². The predicted molar refractivity (Wildman–Crippen MR) is 98.7 cm³/mol. The van der Waals surface area contributed by atoms with Crippen molar-refractivity contribution in [2.24, 2.45) is 0 Å². The van der Waals surface area contributed by atoms with Gasteiger partial charge in [-0.15, -0.1) is 0 Å². The van der Waals surface area contributed by atoms with Gasteiger partial charge in [0.05, 0.1) is 6.04 Å². The molecule has 1 saturated heterocycles. The zero-order chi connectivity index (χ0) is 17.6.